The molecule has 1 aliphatic carbocycles. The summed E-state index contributed by atoms with van der Waals surface area (Å²) in [5.41, 5.74) is 1.25. The van der Waals surface area contributed by atoms with Crippen LogP contribution in [0.1, 0.15) is 64.1 Å². The van der Waals surface area contributed by atoms with Crippen molar-refractivity contribution in [2.24, 2.45) is 5.92 Å². The van der Waals surface area contributed by atoms with Crippen LogP contribution in [0.25, 0.3) is 0 Å². The predicted octanol–water partition coefficient (Wildman–Crippen LogP) is 3.56. The number of nitrogens with one attached hydrogen (secondary N) is 1. The summed E-state index contributed by atoms with van der Waals surface area (Å²) in [6.07, 6.45) is 11.1. The van der Waals surface area contributed by atoms with Crippen molar-refractivity contribution in [3.63, 3.8) is 0 Å². The van der Waals surface area contributed by atoms with Gasteiger partial charge in [-0.2, -0.15) is 5.10 Å². The molecule has 0 saturated heterocycles. The van der Waals surface area contributed by atoms with Crippen LogP contribution >= 0.6 is 0 Å². The van der Waals surface area contributed by atoms with Gasteiger partial charge in [-0.3, -0.25) is 4.68 Å². The summed E-state index contributed by atoms with van der Waals surface area (Å²) in [6.45, 7) is 4.59. The first kappa shape index (κ1) is 14.6. The smallest absolute Gasteiger partial charge is 0.0640 e. The van der Waals surface area contributed by atoms with Crippen LogP contribution in [0, 0.1) is 5.92 Å². The van der Waals surface area contributed by atoms with Crippen molar-refractivity contribution >= 4 is 0 Å². The van der Waals surface area contributed by atoms with Gasteiger partial charge in [-0.15, -0.1) is 0 Å². The minimum absolute atomic E-state index is 0.564. The van der Waals surface area contributed by atoms with Gasteiger partial charge in [0, 0.05) is 18.7 Å². The van der Waals surface area contributed by atoms with E-state index in [1.54, 1.807) is 0 Å². The van der Waals surface area contributed by atoms with E-state index < -0.39 is 0 Å². The summed E-state index contributed by atoms with van der Waals surface area (Å²) in [7, 11) is 2.07. The predicted molar refractivity (Wildman–Crippen MR) is 80.4 cm³/mol. The van der Waals surface area contributed by atoms with Crippen LogP contribution in [0.15, 0.2) is 12.3 Å². The van der Waals surface area contributed by atoms with Gasteiger partial charge in [0.2, 0.25) is 0 Å². The molecule has 19 heavy (non-hydrogen) atoms. The van der Waals surface area contributed by atoms with E-state index in [4.69, 9.17) is 5.10 Å². The van der Waals surface area contributed by atoms with Gasteiger partial charge in [0.05, 0.1) is 11.7 Å². The first-order valence-corrected chi connectivity index (χ1v) is 7.90. The SMILES string of the molecule is CNC(CCC(C)C)Cc1ccn(C2CCCC2)n1. The lowest BCUT2D eigenvalue weighted by Crippen LogP contribution is -2.28. The Morgan fingerprint density at radius 1 is 1.32 bits per heavy atom. The zero-order valence-corrected chi connectivity index (χ0v) is 12.7. The highest BCUT2D eigenvalue weighted by Crippen LogP contribution is 2.28. The maximum absolute atomic E-state index is 4.78. The summed E-state index contributed by atoms with van der Waals surface area (Å²) < 4.78 is 2.21. The molecule has 1 fully saturated rings. The van der Waals surface area contributed by atoms with Crippen LogP contribution in [-0.4, -0.2) is 22.9 Å². The molecule has 3 heteroatoms. The Morgan fingerprint density at radius 3 is 2.68 bits per heavy atom. The van der Waals surface area contributed by atoms with Crippen LogP contribution < -0.4 is 5.32 Å². The summed E-state index contributed by atoms with van der Waals surface area (Å²) in [6, 6.07) is 3.43. The maximum Gasteiger partial charge on any atom is 0.0640 e. The van der Waals surface area contributed by atoms with Gasteiger partial charge in [-0.1, -0.05) is 26.7 Å². The molecule has 0 aromatic carbocycles. The average Bonchev–Trinajstić information content (AvgIpc) is 3.04. The molecular weight excluding hydrogens is 234 g/mol. The minimum Gasteiger partial charge on any atom is -0.317 e. The molecule has 3 nitrogen and oxygen atoms in total. The minimum atomic E-state index is 0.564. The molecule has 1 atom stereocenters. The fourth-order valence-electron chi connectivity index (χ4n) is 2.99. The highest BCUT2D eigenvalue weighted by molar-refractivity contribution is 5.02. The van der Waals surface area contributed by atoms with E-state index in [0.717, 1.165) is 12.3 Å². The van der Waals surface area contributed by atoms with Crippen molar-refractivity contribution < 1.29 is 0 Å². The molecule has 1 aliphatic rings. The standard InChI is InChI=1S/C16H29N3/c1-13(2)8-9-14(17-3)12-15-10-11-19(18-15)16-6-4-5-7-16/h10-11,13-14,16-17H,4-9,12H2,1-3H3. The summed E-state index contributed by atoms with van der Waals surface area (Å²) in [5.74, 6) is 0.784. The van der Waals surface area contributed by atoms with Crippen molar-refractivity contribution in [2.45, 2.75) is 70.9 Å². The van der Waals surface area contributed by atoms with E-state index in [1.165, 1.54) is 44.2 Å². The molecule has 1 N–H and O–H groups in total. The Hall–Kier alpha value is -0.830. The van der Waals surface area contributed by atoms with Crippen LogP contribution in [0.4, 0.5) is 0 Å². The van der Waals surface area contributed by atoms with Gasteiger partial charge in [0.25, 0.3) is 0 Å². The fraction of sp³-hybridized carbons (Fsp3) is 0.812. The van der Waals surface area contributed by atoms with Crippen LogP contribution in [0.2, 0.25) is 0 Å². The molecule has 0 radical (unpaired) electrons. The zero-order valence-electron chi connectivity index (χ0n) is 12.7. The third-order valence-electron chi connectivity index (χ3n) is 4.32. The first-order valence-electron chi connectivity index (χ1n) is 7.90. The molecule has 0 spiro atoms. The summed E-state index contributed by atoms with van der Waals surface area (Å²) in [4.78, 5) is 0. The molecule has 1 aromatic rings. The summed E-state index contributed by atoms with van der Waals surface area (Å²) >= 11 is 0. The molecule has 1 heterocycles. The second-order valence-corrected chi connectivity index (χ2v) is 6.39. The van der Waals surface area contributed by atoms with Crippen molar-refractivity contribution in [3.05, 3.63) is 18.0 Å². The van der Waals surface area contributed by atoms with Gasteiger partial charge in [0.1, 0.15) is 0 Å². The number of hydrogen-bond donors (Lipinski definition) is 1. The number of rotatable bonds is 7. The highest BCUT2D eigenvalue weighted by Gasteiger charge is 2.18. The van der Waals surface area contributed by atoms with Gasteiger partial charge in [0.15, 0.2) is 0 Å². The number of hydrogen-bond acceptors (Lipinski definition) is 2. The molecule has 108 valence electrons. The van der Waals surface area contributed by atoms with E-state index in [2.05, 4.69) is 43.2 Å². The third kappa shape index (κ3) is 4.34. The molecule has 0 amide bonds. The third-order valence-corrected chi connectivity index (χ3v) is 4.32. The van der Waals surface area contributed by atoms with Crippen LogP contribution in [0.5, 0.6) is 0 Å². The van der Waals surface area contributed by atoms with Crippen molar-refractivity contribution in [3.8, 4) is 0 Å². The van der Waals surface area contributed by atoms with E-state index >= 15 is 0 Å². The molecular formula is C16H29N3. The lowest BCUT2D eigenvalue weighted by atomic mass is 10.0. The molecule has 2 rings (SSSR count). The van der Waals surface area contributed by atoms with Gasteiger partial charge in [-0.05, 0) is 44.7 Å². The van der Waals surface area contributed by atoms with E-state index in [-0.39, 0.29) is 0 Å². The molecule has 1 unspecified atom stereocenters. The molecule has 0 bridgehead atoms. The van der Waals surface area contributed by atoms with Crippen LogP contribution in [-0.2, 0) is 6.42 Å². The molecule has 1 saturated carbocycles. The van der Waals surface area contributed by atoms with Crippen molar-refractivity contribution in [1.82, 2.24) is 15.1 Å². The largest absolute Gasteiger partial charge is 0.317 e. The quantitative estimate of drug-likeness (QED) is 0.815. The molecule has 1 aromatic heterocycles. The Kier molecular flexibility index (Phi) is 5.44. The zero-order chi connectivity index (χ0) is 13.7. The average molecular weight is 263 g/mol. The Bertz CT molecular complexity index is 364. The van der Waals surface area contributed by atoms with Crippen LogP contribution in [0.3, 0.4) is 0 Å². The van der Waals surface area contributed by atoms with E-state index in [1.807, 2.05) is 0 Å². The Labute approximate surface area is 117 Å². The molecule has 0 aliphatic heterocycles. The van der Waals surface area contributed by atoms with Gasteiger partial charge < -0.3 is 5.32 Å². The highest BCUT2D eigenvalue weighted by atomic mass is 15.3. The Morgan fingerprint density at radius 2 is 2.05 bits per heavy atom. The fourth-order valence-corrected chi connectivity index (χ4v) is 2.99. The maximum atomic E-state index is 4.78. The number of nitrogens with zero attached hydrogens (tertiary/aromatic N) is 2. The van der Waals surface area contributed by atoms with Crippen molar-refractivity contribution in [2.75, 3.05) is 7.05 Å². The topological polar surface area (TPSA) is 29.9 Å². The normalized spacial score (nSPS) is 18.3. The number of aromatic nitrogens is 2. The second kappa shape index (κ2) is 7.09. The second-order valence-electron chi connectivity index (χ2n) is 6.39. The van der Waals surface area contributed by atoms with Gasteiger partial charge >= 0.3 is 0 Å². The van der Waals surface area contributed by atoms with E-state index in [0.29, 0.717) is 12.1 Å². The number of likely N-dealkylation sites (N-methyl/N-ethyl adjacent to an activating group) is 1. The Balaban J connectivity index is 1.86. The monoisotopic (exact) mass is 263 g/mol. The van der Waals surface area contributed by atoms with Crippen molar-refractivity contribution in [1.29, 1.82) is 0 Å². The first-order chi connectivity index (χ1) is 9.19. The van der Waals surface area contributed by atoms with E-state index in [9.17, 15) is 0 Å². The lowest BCUT2D eigenvalue weighted by Gasteiger charge is -2.16. The lowest BCUT2D eigenvalue weighted by molar-refractivity contribution is 0.435. The summed E-state index contributed by atoms with van der Waals surface area (Å²) in [5, 5.41) is 8.22. The van der Waals surface area contributed by atoms with Gasteiger partial charge in [-0.25, -0.2) is 0 Å².